The zero-order valence-corrected chi connectivity index (χ0v) is 17.9. The maximum Gasteiger partial charge on any atom is 0.258 e. The van der Waals surface area contributed by atoms with Gasteiger partial charge in [-0.2, -0.15) is 0 Å². The molecule has 1 aliphatic heterocycles. The Kier molecular flexibility index (Phi) is 6.47. The fourth-order valence-corrected chi connectivity index (χ4v) is 3.96. The molecule has 0 aromatic heterocycles. The molecule has 7 heteroatoms. The summed E-state index contributed by atoms with van der Waals surface area (Å²) in [5.41, 5.74) is 2.45. The number of methoxy groups -OCH3 is 1. The average molecular weight is 431 g/mol. The lowest BCUT2D eigenvalue weighted by Gasteiger charge is -2.17. The zero-order chi connectivity index (χ0) is 22.5. The minimum absolute atomic E-state index is 0.0321. The molecular weight excluding hydrogens is 406 g/mol. The molecule has 4 rings (SSSR count). The lowest BCUT2D eigenvalue weighted by Crippen LogP contribution is -2.29. The SMILES string of the molecule is COCCNC(=O)c1ccccc1NC(=O)CCCN1C(=O)c2cccc3cccc1c23. The second-order valence-electron chi connectivity index (χ2n) is 7.58. The van der Waals surface area contributed by atoms with Crippen LogP contribution >= 0.6 is 0 Å². The highest BCUT2D eigenvalue weighted by Crippen LogP contribution is 2.37. The molecular formula is C25H25N3O4. The number of nitrogens with zero attached hydrogens (tertiary/aromatic N) is 1. The zero-order valence-electron chi connectivity index (χ0n) is 17.9. The number of anilines is 2. The van der Waals surface area contributed by atoms with Crippen LogP contribution in [0.1, 0.15) is 33.6 Å². The normalized spacial score (nSPS) is 12.3. The Morgan fingerprint density at radius 3 is 2.59 bits per heavy atom. The Bertz CT molecular complexity index is 1170. The molecule has 0 fully saturated rings. The van der Waals surface area contributed by atoms with E-state index in [-0.39, 0.29) is 24.1 Å². The average Bonchev–Trinajstić information content (AvgIpc) is 3.07. The molecule has 0 aliphatic carbocycles. The van der Waals surface area contributed by atoms with Crippen molar-refractivity contribution in [3.8, 4) is 0 Å². The molecule has 0 spiro atoms. The van der Waals surface area contributed by atoms with E-state index in [2.05, 4.69) is 10.6 Å². The molecule has 2 N–H and O–H groups in total. The van der Waals surface area contributed by atoms with Crippen LogP contribution in [0.2, 0.25) is 0 Å². The van der Waals surface area contributed by atoms with Crippen molar-refractivity contribution < 1.29 is 19.1 Å². The van der Waals surface area contributed by atoms with Crippen LogP contribution in [0.3, 0.4) is 0 Å². The molecule has 0 bridgehead atoms. The van der Waals surface area contributed by atoms with Crippen LogP contribution in [0.4, 0.5) is 11.4 Å². The van der Waals surface area contributed by atoms with E-state index in [0.717, 1.165) is 16.5 Å². The predicted molar refractivity (Wildman–Crippen MR) is 124 cm³/mol. The van der Waals surface area contributed by atoms with E-state index >= 15 is 0 Å². The van der Waals surface area contributed by atoms with Crippen molar-refractivity contribution in [1.82, 2.24) is 5.32 Å². The van der Waals surface area contributed by atoms with Crippen molar-refractivity contribution in [2.24, 2.45) is 0 Å². The van der Waals surface area contributed by atoms with E-state index in [1.807, 2.05) is 36.4 Å². The summed E-state index contributed by atoms with van der Waals surface area (Å²) in [6.45, 7) is 1.24. The van der Waals surface area contributed by atoms with Gasteiger partial charge in [0, 0.05) is 37.6 Å². The van der Waals surface area contributed by atoms with Gasteiger partial charge in [0.2, 0.25) is 5.91 Å². The number of para-hydroxylation sites is 1. The standard InChI is InChI=1S/C25H25N3O4/c1-32-16-14-26-24(30)18-9-2-3-11-20(18)27-22(29)13-6-15-28-21-12-5-8-17-7-4-10-19(23(17)21)25(28)31/h2-5,7-12H,6,13-16H2,1H3,(H,26,30)(H,27,29). The second kappa shape index (κ2) is 9.62. The quantitative estimate of drug-likeness (QED) is 0.507. The molecule has 3 amide bonds. The van der Waals surface area contributed by atoms with Gasteiger partial charge < -0.3 is 20.3 Å². The van der Waals surface area contributed by atoms with E-state index in [4.69, 9.17) is 4.74 Å². The third-order valence-electron chi connectivity index (χ3n) is 5.47. The molecule has 3 aromatic rings. The van der Waals surface area contributed by atoms with Gasteiger partial charge in [-0.1, -0.05) is 36.4 Å². The molecule has 0 unspecified atom stereocenters. The molecule has 32 heavy (non-hydrogen) atoms. The van der Waals surface area contributed by atoms with Crippen molar-refractivity contribution in [2.75, 3.05) is 37.0 Å². The summed E-state index contributed by atoms with van der Waals surface area (Å²) >= 11 is 0. The number of hydrogen-bond donors (Lipinski definition) is 2. The van der Waals surface area contributed by atoms with Gasteiger partial charge >= 0.3 is 0 Å². The number of carbonyl (C=O) groups is 3. The lowest BCUT2D eigenvalue weighted by atomic mass is 10.1. The van der Waals surface area contributed by atoms with Gasteiger partial charge in [0.15, 0.2) is 0 Å². The summed E-state index contributed by atoms with van der Waals surface area (Å²) in [5, 5.41) is 7.58. The Balaban J connectivity index is 1.36. The summed E-state index contributed by atoms with van der Waals surface area (Å²) in [7, 11) is 1.56. The monoisotopic (exact) mass is 431 g/mol. The van der Waals surface area contributed by atoms with Gasteiger partial charge in [-0.05, 0) is 36.1 Å². The third-order valence-corrected chi connectivity index (χ3v) is 5.47. The Hall–Kier alpha value is -3.71. The number of ether oxygens (including phenoxy) is 1. The second-order valence-corrected chi connectivity index (χ2v) is 7.58. The number of rotatable bonds is 9. The predicted octanol–water partition coefficient (Wildman–Crippen LogP) is 3.60. The summed E-state index contributed by atoms with van der Waals surface area (Å²) in [4.78, 5) is 39.5. The summed E-state index contributed by atoms with van der Waals surface area (Å²) in [6, 6.07) is 18.5. The van der Waals surface area contributed by atoms with Crippen molar-refractivity contribution >= 4 is 39.9 Å². The van der Waals surface area contributed by atoms with Crippen LogP contribution in [0.15, 0.2) is 60.7 Å². The molecule has 0 atom stereocenters. The lowest BCUT2D eigenvalue weighted by molar-refractivity contribution is -0.116. The number of amides is 3. The molecule has 7 nitrogen and oxygen atoms in total. The minimum Gasteiger partial charge on any atom is -0.383 e. The fraction of sp³-hybridized carbons (Fsp3) is 0.240. The molecule has 0 saturated carbocycles. The van der Waals surface area contributed by atoms with Crippen LogP contribution < -0.4 is 15.5 Å². The molecule has 0 saturated heterocycles. The van der Waals surface area contributed by atoms with Crippen LogP contribution in [-0.4, -0.2) is 44.5 Å². The highest BCUT2D eigenvalue weighted by Gasteiger charge is 2.29. The smallest absolute Gasteiger partial charge is 0.258 e. The van der Waals surface area contributed by atoms with E-state index in [1.165, 1.54) is 0 Å². The van der Waals surface area contributed by atoms with Crippen molar-refractivity contribution in [3.05, 3.63) is 71.8 Å². The van der Waals surface area contributed by atoms with Crippen molar-refractivity contribution in [1.29, 1.82) is 0 Å². The first-order chi connectivity index (χ1) is 15.6. The maximum absolute atomic E-state index is 12.8. The van der Waals surface area contributed by atoms with Gasteiger partial charge in [0.05, 0.1) is 23.5 Å². The topological polar surface area (TPSA) is 87.7 Å². The van der Waals surface area contributed by atoms with Crippen molar-refractivity contribution in [3.63, 3.8) is 0 Å². The van der Waals surface area contributed by atoms with Crippen molar-refractivity contribution in [2.45, 2.75) is 12.8 Å². The van der Waals surface area contributed by atoms with E-state index < -0.39 is 0 Å². The van der Waals surface area contributed by atoms with Gasteiger partial charge in [-0.3, -0.25) is 14.4 Å². The highest BCUT2D eigenvalue weighted by molar-refractivity contribution is 6.25. The van der Waals surface area contributed by atoms with Gasteiger partial charge in [0.25, 0.3) is 11.8 Å². The summed E-state index contributed by atoms with van der Waals surface area (Å²) in [6.07, 6.45) is 0.736. The Morgan fingerprint density at radius 1 is 1.00 bits per heavy atom. The number of benzene rings is 3. The Morgan fingerprint density at radius 2 is 1.78 bits per heavy atom. The molecule has 0 radical (unpaired) electrons. The van der Waals surface area contributed by atoms with E-state index in [1.54, 1.807) is 36.3 Å². The van der Waals surface area contributed by atoms with Crippen LogP contribution in [0.5, 0.6) is 0 Å². The third kappa shape index (κ3) is 4.33. The number of carbonyl (C=O) groups excluding carboxylic acids is 3. The Labute approximate surface area is 186 Å². The van der Waals surface area contributed by atoms with E-state index in [9.17, 15) is 14.4 Å². The molecule has 1 heterocycles. The first-order valence-electron chi connectivity index (χ1n) is 10.6. The first-order valence-corrected chi connectivity index (χ1v) is 10.6. The van der Waals surface area contributed by atoms with Gasteiger partial charge in [-0.25, -0.2) is 0 Å². The highest BCUT2D eigenvalue weighted by atomic mass is 16.5. The summed E-state index contributed by atoms with van der Waals surface area (Å²) in [5.74, 6) is -0.508. The largest absolute Gasteiger partial charge is 0.383 e. The minimum atomic E-state index is -0.272. The molecule has 164 valence electrons. The number of nitrogens with one attached hydrogen (secondary N) is 2. The van der Waals surface area contributed by atoms with E-state index in [0.29, 0.717) is 42.9 Å². The van der Waals surface area contributed by atoms with Crippen LogP contribution in [-0.2, 0) is 9.53 Å². The fourth-order valence-electron chi connectivity index (χ4n) is 3.96. The van der Waals surface area contributed by atoms with Crippen LogP contribution in [0, 0.1) is 0 Å². The van der Waals surface area contributed by atoms with Gasteiger partial charge in [-0.15, -0.1) is 0 Å². The maximum atomic E-state index is 12.8. The summed E-state index contributed by atoms with van der Waals surface area (Å²) < 4.78 is 4.94. The number of hydrogen-bond acceptors (Lipinski definition) is 4. The van der Waals surface area contributed by atoms with Gasteiger partial charge in [0.1, 0.15) is 0 Å². The first kappa shape index (κ1) is 21.5. The molecule has 3 aromatic carbocycles. The molecule has 1 aliphatic rings. The van der Waals surface area contributed by atoms with Crippen LogP contribution in [0.25, 0.3) is 10.8 Å².